The Labute approximate surface area is 152 Å². The van der Waals surface area contributed by atoms with Crippen molar-refractivity contribution in [3.8, 4) is 16.3 Å². The van der Waals surface area contributed by atoms with E-state index in [1.807, 2.05) is 38.1 Å². The minimum absolute atomic E-state index is 0.0659. The first kappa shape index (κ1) is 19.4. The zero-order chi connectivity index (χ0) is 18.4. The fraction of sp³-hybridized carbons (Fsp3) is 0.412. The van der Waals surface area contributed by atoms with Gasteiger partial charge in [-0.1, -0.05) is 6.92 Å². The molecule has 0 bridgehead atoms. The van der Waals surface area contributed by atoms with Crippen LogP contribution in [0.3, 0.4) is 0 Å². The van der Waals surface area contributed by atoms with Crippen molar-refractivity contribution in [2.75, 3.05) is 18.1 Å². The second kappa shape index (κ2) is 8.44. The van der Waals surface area contributed by atoms with Crippen LogP contribution in [-0.2, 0) is 9.84 Å². The Morgan fingerprint density at radius 1 is 1.28 bits per heavy atom. The summed E-state index contributed by atoms with van der Waals surface area (Å²) < 4.78 is 28.5. The van der Waals surface area contributed by atoms with Gasteiger partial charge in [0.25, 0.3) is 5.91 Å². The van der Waals surface area contributed by atoms with Gasteiger partial charge in [-0.3, -0.25) is 4.79 Å². The van der Waals surface area contributed by atoms with Gasteiger partial charge in [-0.05, 0) is 38.1 Å². The zero-order valence-electron chi connectivity index (χ0n) is 14.5. The lowest BCUT2D eigenvalue weighted by Crippen LogP contribution is -2.29. The van der Waals surface area contributed by atoms with E-state index in [-0.39, 0.29) is 35.8 Å². The molecule has 6 nitrogen and oxygen atoms in total. The van der Waals surface area contributed by atoms with E-state index in [1.54, 1.807) is 12.3 Å². The first-order valence-electron chi connectivity index (χ1n) is 8.02. The summed E-state index contributed by atoms with van der Waals surface area (Å²) in [6.07, 6.45) is 0.109. The lowest BCUT2D eigenvalue weighted by molar-refractivity contribution is 0.0952. The Bertz CT molecular complexity index is 811. The maximum absolute atomic E-state index is 12.1. The molecule has 0 radical (unpaired) electrons. The van der Waals surface area contributed by atoms with Crippen LogP contribution in [0.1, 0.15) is 31.3 Å². The number of nitrogens with zero attached hydrogens (tertiary/aromatic N) is 1. The van der Waals surface area contributed by atoms with Gasteiger partial charge in [-0.15, -0.1) is 11.3 Å². The van der Waals surface area contributed by atoms with Crippen LogP contribution < -0.4 is 10.1 Å². The number of rotatable bonds is 8. The Hall–Kier alpha value is -1.93. The monoisotopic (exact) mass is 382 g/mol. The van der Waals surface area contributed by atoms with Gasteiger partial charge in [-0.25, -0.2) is 13.4 Å². The van der Waals surface area contributed by atoms with E-state index in [2.05, 4.69) is 10.3 Å². The molecule has 0 aliphatic rings. The fourth-order valence-corrected chi connectivity index (χ4v) is 3.52. The van der Waals surface area contributed by atoms with Gasteiger partial charge in [0.05, 0.1) is 11.9 Å². The second-order valence-corrected chi connectivity index (χ2v) is 9.05. The lowest BCUT2D eigenvalue weighted by Gasteiger charge is -2.09. The van der Waals surface area contributed by atoms with E-state index in [9.17, 15) is 13.2 Å². The molecule has 0 unspecified atom stereocenters. The minimum atomic E-state index is -3.09. The number of ether oxygens (including phenoxy) is 1. The van der Waals surface area contributed by atoms with Gasteiger partial charge in [-0.2, -0.15) is 0 Å². The average molecular weight is 383 g/mol. The standard InChI is InChI=1S/C17H22N2O4S2/c1-4-25(21,22)10-9-18-16(20)15-11-24-17(19-15)13-5-7-14(8-6-13)23-12(2)3/h5-8,11-12H,4,9-10H2,1-3H3,(H,18,20). The number of hydrogen-bond acceptors (Lipinski definition) is 6. The number of carbonyl (C=O) groups excluding carboxylic acids is 1. The van der Waals surface area contributed by atoms with Gasteiger partial charge < -0.3 is 10.1 Å². The van der Waals surface area contributed by atoms with Crippen molar-refractivity contribution in [3.05, 3.63) is 35.3 Å². The number of aromatic nitrogens is 1. The summed E-state index contributed by atoms with van der Waals surface area (Å²) in [7, 11) is -3.09. The average Bonchev–Trinajstić information content (AvgIpc) is 3.05. The molecule has 2 rings (SSSR count). The maximum Gasteiger partial charge on any atom is 0.270 e. The van der Waals surface area contributed by atoms with Crippen LogP contribution in [-0.4, -0.2) is 43.5 Å². The molecule has 8 heteroatoms. The molecular formula is C17H22N2O4S2. The first-order chi connectivity index (χ1) is 11.8. The first-order valence-corrected chi connectivity index (χ1v) is 10.7. The van der Waals surface area contributed by atoms with Crippen LogP contribution in [0.4, 0.5) is 0 Å². The molecule has 1 aromatic heterocycles. The van der Waals surface area contributed by atoms with Crippen molar-refractivity contribution in [2.24, 2.45) is 0 Å². The Balaban J connectivity index is 1.98. The summed E-state index contributed by atoms with van der Waals surface area (Å²) in [5, 5.41) is 4.98. The van der Waals surface area contributed by atoms with Crippen LogP contribution in [0.15, 0.2) is 29.6 Å². The number of benzene rings is 1. The smallest absolute Gasteiger partial charge is 0.270 e. The van der Waals surface area contributed by atoms with Gasteiger partial charge in [0.2, 0.25) is 0 Å². The molecule has 0 fully saturated rings. The third-order valence-corrected chi connectivity index (χ3v) is 5.95. The minimum Gasteiger partial charge on any atom is -0.491 e. The number of amides is 1. The van der Waals surface area contributed by atoms with Crippen molar-refractivity contribution >= 4 is 27.1 Å². The predicted octanol–water partition coefficient (Wildman–Crippen LogP) is 2.76. The maximum atomic E-state index is 12.1. The summed E-state index contributed by atoms with van der Waals surface area (Å²) in [6.45, 7) is 5.60. The SMILES string of the molecule is CCS(=O)(=O)CCNC(=O)c1csc(-c2ccc(OC(C)C)cc2)n1. The Morgan fingerprint density at radius 3 is 2.56 bits per heavy atom. The van der Waals surface area contributed by atoms with E-state index < -0.39 is 9.84 Å². The summed E-state index contributed by atoms with van der Waals surface area (Å²) in [5.41, 5.74) is 1.19. The van der Waals surface area contributed by atoms with Crippen molar-refractivity contribution in [1.82, 2.24) is 10.3 Å². The molecule has 0 aliphatic carbocycles. The molecule has 25 heavy (non-hydrogen) atoms. The number of carbonyl (C=O) groups is 1. The number of nitrogens with one attached hydrogen (secondary N) is 1. The van der Waals surface area contributed by atoms with Crippen molar-refractivity contribution in [3.63, 3.8) is 0 Å². The van der Waals surface area contributed by atoms with E-state index in [0.717, 1.165) is 16.3 Å². The molecule has 0 aliphatic heterocycles. The quantitative estimate of drug-likeness (QED) is 0.759. The summed E-state index contributed by atoms with van der Waals surface area (Å²) >= 11 is 1.36. The van der Waals surface area contributed by atoms with Crippen molar-refractivity contribution in [2.45, 2.75) is 26.9 Å². The highest BCUT2D eigenvalue weighted by molar-refractivity contribution is 7.91. The highest BCUT2D eigenvalue weighted by atomic mass is 32.2. The van der Waals surface area contributed by atoms with Crippen LogP contribution in [0.2, 0.25) is 0 Å². The highest BCUT2D eigenvalue weighted by Gasteiger charge is 2.13. The molecule has 0 saturated carbocycles. The molecule has 0 atom stereocenters. The Kier molecular flexibility index (Phi) is 6.55. The molecule has 2 aromatic rings. The van der Waals surface area contributed by atoms with Gasteiger partial charge in [0.1, 0.15) is 16.5 Å². The molecule has 0 spiro atoms. The number of thiazole rings is 1. The molecule has 1 N–H and O–H groups in total. The van der Waals surface area contributed by atoms with Crippen LogP contribution in [0.25, 0.3) is 10.6 Å². The fourth-order valence-electron chi connectivity index (χ4n) is 2.01. The zero-order valence-corrected chi connectivity index (χ0v) is 16.1. The van der Waals surface area contributed by atoms with Crippen molar-refractivity contribution in [1.29, 1.82) is 0 Å². The van der Waals surface area contributed by atoms with Crippen LogP contribution >= 0.6 is 11.3 Å². The lowest BCUT2D eigenvalue weighted by atomic mass is 10.2. The molecule has 0 saturated heterocycles. The summed E-state index contributed by atoms with van der Waals surface area (Å²) in [5.74, 6) is 0.419. The van der Waals surface area contributed by atoms with Gasteiger partial charge in [0, 0.05) is 23.2 Å². The molecule has 1 aromatic carbocycles. The van der Waals surface area contributed by atoms with Gasteiger partial charge >= 0.3 is 0 Å². The Morgan fingerprint density at radius 2 is 1.96 bits per heavy atom. The number of sulfone groups is 1. The van der Waals surface area contributed by atoms with E-state index in [4.69, 9.17) is 4.74 Å². The van der Waals surface area contributed by atoms with Crippen molar-refractivity contribution < 1.29 is 17.9 Å². The molecule has 136 valence electrons. The summed E-state index contributed by atoms with van der Waals surface area (Å²) in [6, 6.07) is 7.52. The topological polar surface area (TPSA) is 85.4 Å². The number of hydrogen-bond donors (Lipinski definition) is 1. The van der Waals surface area contributed by atoms with Gasteiger partial charge in [0.15, 0.2) is 9.84 Å². The largest absolute Gasteiger partial charge is 0.491 e. The third-order valence-electron chi connectivity index (χ3n) is 3.35. The normalized spacial score (nSPS) is 11.5. The highest BCUT2D eigenvalue weighted by Crippen LogP contribution is 2.26. The molecule has 1 heterocycles. The van der Waals surface area contributed by atoms with E-state index >= 15 is 0 Å². The summed E-state index contributed by atoms with van der Waals surface area (Å²) in [4.78, 5) is 16.4. The third kappa shape index (κ3) is 5.82. The molecule has 1 amide bonds. The van der Waals surface area contributed by atoms with E-state index in [1.165, 1.54) is 11.3 Å². The van der Waals surface area contributed by atoms with Crippen LogP contribution in [0.5, 0.6) is 5.75 Å². The predicted molar refractivity (Wildman–Crippen MR) is 100.0 cm³/mol. The van der Waals surface area contributed by atoms with Crippen LogP contribution in [0, 0.1) is 0 Å². The van der Waals surface area contributed by atoms with E-state index in [0.29, 0.717) is 0 Å². The second-order valence-electron chi connectivity index (χ2n) is 5.72. The molecular weight excluding hydrogens is 360 g/mol.